The number of nitrogens with one attached hydrogen (secondary N) is 1. The summed E-state index contributed by atoms with van der Waals surface area (Å²) in [5, 5.41) is 2.40. The zero-order valence-corrected chi connectivity index (χ0v) is 14.0. The van der Waals surface area contributed by atoms with E-state index in [2.05, 4.69) is 29.3 Å². The van der Waals surface area contributed by atoms with E-state index in [1.165, 1.54) is 96.9 Å². The molecule has 0 unspecified atom stereocenters. The van der Waals surface area contributed by atoms with Gasteiger partial charge in [-0.25, -0.2) is 5.01 Å². The summed E-state index contributed by atoms with van der Waals surface area (Å²) in [6.07, 6.45) is 14.2. The van der Waals surface area contributed by atoms with Crippen molar-refractivity contribution in [3.05, 3.63) is 0 Å². The number of hydrazine groups is 1. The summed E-state index contributed by atoms with van der Waals surface area (Å²) in [7, 11) is 2.21. The summed E-state index contributed by atoms with van der Waals surface area (Å²) >= 11 is 0. The van der Waals surface area contributed by atoms with Gasteiger partial charge in [0.1, 0.15) is 0 Å². The third-order valence-electron chi connectivity index (χ3n) is 4.37. The first-order valence-corrected chi connectivity index (χ1v) is 9.00. The monoisotopic (exact) mass is 283 g/mol. The molecule has 1 heterocycles. The molecule has 1 rings (SSSR count). The minimum absolute atomic E-state index is 1.17. The molecular formula is C17H37N3. The number of likely N-dealkylation sites (N-methyl/N-ethyl adjacent to an activating group) is 1. The van der Waals surface area contributed by atoms with Crippen molar-refractivity contribution in [1.82, 2.24) is 15.3 Å². The first kappa shape index (κ1) is 17.9. The van der Waals surface area contributed by atoms with Crippen LogP contribution in [0.2, 0.25) is 0 Å². The van der Waals surface area contributed by atoms with Crippen LogP contribution in [0, 0.1) is 0 Å². The van der Waals surface area contributed by atoms with Crippen LogP contribution in [0.15, 0.2) is 0 Å². The molecule has 0 aromatic heterocycles. The maximum Gasteiger partial charge on any atom is 0.0259 e. The van der Waals surface area contributed by atoms with Crippen LogP contribution in [0.3, 0.4) is 0 Å². The Balaban J connectivity index is 1.74. The third kappa shape index (κ3) is 9.73. The van der Waals surface area contributed by atoms with E-state index in [-0.39, 0.29) is 0 Å². The molecule has 1 fully saturated rings. The molecule has 1 aliphatic heterocycles. The summed E-state index contributed by atoms with van der Waals surface area (Å²) in [5.74, 6) is 0. The van der Waals surface area contributed by atoms with Crippen LogP contribution >= 0.6 is 0 Å². The van der Waals surface area contributed by atoms with Gasteiger partial charge in [-0.1, -0.05) is 64.7 Å². The Kier molecular flexibility index (Phi) is 11.3. The van der Waals surface area contributed by atoms with Gasteiger partial charge < -0.3 is 4.90 Å². The van der Waals surface area contributed by atoms with Crippen molar-refractivity contribution >= 4 is 0 Å². The van der Waals surface area contributed by atoms with E-state index in [1.807, 2.05) is 0 Å². The second kappa shape index (κ2) is 12.6. The van der Waals surface area contributed by atoms with Crippen LogP contribution in [0.5, 0.6) is 0 Å². The van der Waals surface area contributed by atoms with Crippen LogP contribution in [0.4, 0.5) is 0 Å². The Morgan fingerprint density at radius 3 is 1.75 bits per heavy atom. The van der Waals surface area contributed by atoms with E-state index >= 15 is 0 Å². The molecule has 0 aromatic rings. The van der Waals surface area contributed by atoms with Crippen molar-refractivity contribution in [2.75, 3.05) is 39.8 Å². The fraction of sp³-hybridized carbons (Fsp3) is 1.00. The van der Waals surface area contributed by atoms with Crippen LogP contribution < -0.4 is 5.43 Å². The summed E-state index contributed by atoms with van der Waals surface area (Å²) in [6.45, 7) is 8.20. The van der Waals surface area contributed by atoms with Gasteiger partial charge >= 0.3 is 0 Å². The Labute approximate surface area is 127 Å². The lowest BCUT2D eigenvalue weighted by atomic mass is 10.1. The van der Waals surface area contributed by atoms with Gasteiger partial charge in [0, 0.05) is 32.7 Å². The Morgan fingerprint density at radius 1 is 0.700 bits per heavy atom. The Bertz CT molecular complexity index is 200. The highest BCUT2D eigenvalue weighted by atomic mass is 15.5. The maximum absolute atomic E-state index is 3.57. The zero-order valence-electron chi connectivity index (χ0n) is 14.0. The first-order chi connectivity index (χ1) is 9.83. The second-order valence-electron chi connectivity index (χ2n) is 6.38. The number of hydrogen-bond donors (Lipinski definition) is 1. The molecule has 20 heavy (non-hydrogen) atoms. The van der Waals surface area contributed by atoms with Crippen molar-refractivity contribution in [1.29, 1.82) is 0 Å². The fourth-order valence-corrected chi connectivity index (χ4v) is 2.81. The standard InChI is InChI=1S/C17H37N3/c1-3-4-5-6-7-8-9-10-11-12-13-18-20-16-14-19(2)15-17-20/h18H,3-17H2,1-2H3. The number of rotatable bonds is 12. The van der Waals surface area contributed by atoms with Crippen molar-refractivity contribution in [3.63, 3.8) is 0 Å². The number of hydrogen-bond acceptors (Lipinski definition) is 3. The van der Waals surface area contributed by atoms with Gasteiger partial charge in [0.05, 0.1) is 0 Å². The van der Waals surface area contributed by atoms with Gasteiger partial charge in [0.25, 0.3) is 0 Å². The highest BCUT2D eigenvalue weighted by Crippen LogP contribution is 2.10. The average Bonchev–Trinajstić information content (AvgIpc) is 2.47. The highest BCUT2D eigenvalue weighted by Gasteiger charge is 2.12. The lowest BCUT2D eigenvalue weighted by molar-refractivity contribution is 0.104. The van der Waals surface area contributed by atoms with E-state index in [1.54, 1.807) is 0 Å². The molecular weight excluding hydrogens is 246 g/mol. The van der Waals surface area contributed by atoms with E-state index in [0.717, 1.165) is 0 Å². The molecule has 1 N–H and O–H groups in total. The Hall–Kier alpha value is -0.120. The van der Waals surface area contributed by atoms with Crippen molar-refractivity contribution in [3.8, 4) is 0 Å². The third-order valence-corrected chi connectivity index (χ3v) is 4.37. The van der Waals surface area contributed by atoms with E-state index in [9.17, 15) is 0 Å². The summed E-state index contributed by atoms with van der Waals surface area (Å²) in [4.78, 5) is 2.40. The molecule has 0 bridgehead atoms. The van der Waals surface area contributed by atoms with Gasteiger partial charge in [0.2, 0.25) is 0 Å². The highest BCUT2D eigenvalue weighted by molar-refractivity contribution is 4.65. The van der Waals surface area contributed by atoms with Gasteiger partial charge in [-0.3, -0.25) is 5.43 Å². The van der Waals surface area contributed by atoms with E-state index in [4.69, 9.17) is 0 Å². The molecule has 0 aliphatic carbocycles. The summed E-state index contributed by atoms with van der Waals surface area (Å²) < 4.78 is 0. The number of unbranched alkanes of at least 4 members (excludes halogenated alkanes) is 9. The quantitative estimate of drug-likeness (QED) is 0.551. The van der Waals surface area contributed by atoms with Gasteiger partial charge in [0.15, 0.2) is 0 Å². The summed E-state index contributed by atoms with van der Waals surface area (Å²) in [6, 6.07) is 0. The number of piperazine rings is 1. The van der Waals surface area contributed by atoms with E-state index in [0.29, 0.717) is 0 Å². The van der Waals surface area contributed by atoms with Gasteiger partial charge in [-0.05, 0) is 13.5 Å². The van der Waals surface area contributed by atoms with Crippen molar-refractivity contribution in [2.45, 2.75) is 71.1 Å². The van der Waals surface area contributed by atoms with Gasteiger partial charge in [-0.2, -0.15) is 0 Å². The predicted molar refractivity (Wildman–Crippen MR) is 88.9 cm³/mol. The van der Waals surface area contributed by atoms with Crippen LogP contribution in [0.25, 0.3) is 0 Å². The van der Waals surface area contributed by atoms with E-state index < -0.39 is 0 Å². The van der Waals surface area contributed by atoms with Gasteiger partial charge in [-0.15, -0.1) is 0 Å². The minimum Gasteiger partial charge on any atom is -0.304 e. The topological polar surface area (TPSA) is 18.5 Å². The van der Waals surface area contributed by atoms with Crippen molar-refractivity contribution in [2.24, 2.45) is 0 Å². The SMILES string of the molecule is CCCCCCCCCCCCNN1CCN(C)CC1. The zero-order chi connectivity index (χ0) is 14.5. The molecule has 1 saturated heterocycles. The molecule has 0 spiro atoms. The largest absolute Gasteiger partial charge is 0.304 e. The smallest absolute Gasteiger partial charge is 0.0259 e. The normalized spacial score (nSPS) is 17.7. The number of nitrogens with zero attached hydrogens (tertiary/aromatic N) is 2. The fourth-order valence-electron chi connectivity index (χ4n) is 2.81. The second-order valence-corrected chi connectivity index (χ2v) is 6.38. The predicted octanol–water partition coefficient (Wildman–Crippen LogP) is 3.66. The average molecular weight is 284 g/mol. The lowest BCUT2D eigenvalue weighted by Crippen LogP contribution is -2.50. The van der Waals surface area contributed by atoms with Crippen molar-refractivity contribution < 1.29 is 0 Å². The molecule has 0 aromatic carbocycles. The Morgan fingerprint density at radius 2 is 1.20 bits per heavy atom. The minimum atomic E-state index is 1.17. The molecule has 1 aliphatic rings. The summed E-state index contributed by atoms with van der Waals surface area (Å²) in [5.41, 5.74) is 3.57. The molecule has 0 radical (unpaired) electrons. The first-order valence-electron chi connectivity index (χ1n) is 9.00. The molecule has 3 nitrogen and oxygen atoms in total. The lowest BCUT2D eigenvalue weighted by Gasteiger charge is -2.32. The van der Waals surface area contributed by atoms with Crippen LogP contribution in [-0.4, -0.2) is 49.7 Å². The molecule has 120 valence electrons. The molecule has 3 heteroatoms. The van der Waals surface area contributed by atoms with Crippen LogP contribution in [-0.2, 0) is 0 Å². The molecule has 0 amide bonds. The van der Waals surface area contributed by atoms with Crippen LogP contribution in [0.1, 0.15) is 71.1 Å². The molecule has 0 atom stereocenters. The molecule has 0 saturated carbocycles. The maximum atomic E-state index is 3.57.